The topological polar surface area (TPSA) is 85.3 Å². The van der Waals surface area contributed by atoms with Crippen molar-refractivity contribution in [2.75, 3.05) is 13.1 Å². The van der Waals surface area contributed by atoms with E-state index in [1.807, 2.05) is 22.4 Å². The molecule has 0 radical (unpaired) electrons. The molecule has 1 fully saturated rings. The molecule has 0 bridgehead atoms. The Morgan fingerprint density at radius 2 is 2.21 bits per heavy atom. The second-order valence-electron chi connectivity index (χ2n) is 6.77. The minimum absolute atomic E-state index is 0.0620. The van der Waals surface area contributed by atoms with Crippen LogP contribution < -0.4 is 5.73 Å². The molecule has 1 aliphatic rings. The molecule has 1 aliphatic heterocycles. The Balaban J connectivity index is 1.56. The van der Waals surface area contributed by atoms with Crippen molar-refractivity contribution in [3.63, 3.8) is 0 Å². The summed E-state index contributed by atoms with van der Waals surface area (Å²) in [6, 6.07) is 3.56. The standard InChI is InChI=1S/C17H24N4O2S/c1-11(2)10-13(18)17(22)21-7-5-12(6-8-21)16-19-15(20-23-16)14-4-3-9-24-14/h3-4,9,11-13H,5-8,10,18H2,1-2H3/t13-/m0/s1. The first-order valence-corrected chi connectivity index (χ1v) is 9.34. The van der Waals surface area contributed by atoms with E-state index in [0.717, 1.165) is 24.1 Å². The molecule has 1 amide bonds. The highest BCUT2D eigenvalue weighted by Crippen LogP contribution is 2.30. The fourth-order valence-corrected chi connectivity index (χ4v) is 3.75. The van der Waals surface area contributed by atoms with Gasteiger partial charge in [-0.2, -0.15) is 4.98 Å². The first kappa shape index (κ1) is 17.1. The fourth-order valence-electron chi connectivity index (χ4n) is 3.10. The van der Waals surface area contributed by atoms with Crippen molar-refractivity contribution in [2.24, 2.45) is 11.7 Å². The van der Waals surface area contributed by atoms with Crippen molar-refractivity contribution in [3.05, 3.63) is 23.4 Å². The number of amides is 1. The molecule has 24 heavy (non-hydrogen) atoms. The van der Waals surface area contributed by atoms with Gasteiger partial charge in [0, 0.05) is 19.0 Å². The first-order valence-electron chi connectivity index (χ1n) is 8.46. The van der Waals surface area contributed by atoms with Gasteiger partial charge in [0.05, 0.1) is 10.9 Å². The highest BCUT2D eigenvalue weighted by molar-refractivity contribution is 7.13. The minimum atomic E-state index is -0.393. The summed E-state index contributed by atoms with van der Waals surface area (Å²) in [4.78, 5) is 19.8. The molecule has 2 N–H and O–H groups in total. The Kier molecular flexibility index (Phi) is 5.30. The van der Waals surface area contributed by atoms with Gasteiger partial charge in [-0.3, -0.25) is 4.79 Å². The van der Waals surface area contributed by atoms with E-state index in [9.17, 15) is 4.79 Å². The van der Waals surface area contributed by atoms with Crippen LogP contribution in [0.3, 0.4) is 0 Å². The van der Waals surface area contributed by atoms with Gasteiger partial charge in [0.15, 0.2) is 0 Å². The van der Waals surface area contributed by atoms with E-state index in [0.29, 0.717) is 30.7 Å². The molecule has 1 atom stereocenters. The maximum Gasteiger partial charge on any atom is 0.239 e. The number of nitrogens with two attached hydrogens (primary N) is 1. The van der Waals surface area contributed by atoms with Crippen LogP contribution in [0.4, 0.5) is 0 Å². The van der Waals surface area contributed by atoms with Crippen LogP contribution in [0.5, 0.6) is 0 Å². The smallest absolute Gasteiger partial charge is 0.239 e. The van der Waals surface area contributed by atoms with Crippen molar-refractivity contribution < 1.29 is 9.32 Å². The lowest BCUT2D eigenvalue weighted by atomic mass is 9.95. The number of thiophene rings is 1. The Morgan fingerprint density at radius 1 is 1.46 bits per heavy atom. The molecule has 0 saturated carbocycles. The van der Waals surface area contributed by atoms with Crippen LogP contribution in [0, 0.1) is 5.92 Å². The average Bonchev–Trinajstić information content (AvgIpc) is 3.24. The molecule has 2 aromatic heterocycles. The maximum atomic E-state index is 12.4. The number of piperidine rings is 1. The second kappa shape index (κ2) is 7.44. The van der Waals surface area contributed by atoms with Crippen LogP contribution in [-0.4, -0.2) is 40.1 Å². The molecule has 0 spiro atoms. The third kappa shape index (κ3) is 3.84. The van der Waals surface area contributed by atoms with Gasteiger partial charge in [-0.15, -0.1) is 11.3 Å². The first-order chi connectivity index (χ1) is 11.5. The fraction of sp³-hybridized carbons (Fsp3) is 0.588. The Labute approximate surface area is 146 Å². The lowest BCUT2D eigenvalue weighted by Gasteiger charge is -2.32. The van der Waals surface area contributed by atoms with Gasteiger partial charge >= 0.3 is 0 Å². The minimum Gasteiger partial charge on any atom is -0.341 e. The van der Waals surface area contributed by atoms with E-state index in [2.05, 4.69) is 24.0 Å². The highest BCUT2D eigenvalue weighted by Gasteiger charge is 2.30. The number of hydrogen-bond acceptors (Lipinski definition) is 6. The molecule has 130 valence electrons. The largest absolute Gasteiger partial charge is 0.341 e. The van der Waals surface area contributed by atoms with Crippen LogP contribution in [0.15, 0.2) is 22.0 Å². The zero-order chi connectivity index (χ0) is 17.1. The van der Waals surface area contributed by atoms with Crippen LogP contribution in [0.1, 0.15) is 44.9 Å². The van der Waals surface area contributed by atoms with Crippen LogP contribution in [-0.2, 0) is 4.79 Å². The number of likely N-dealkylation sites (tertiary alicyclic amines) is 1. The van der Waals surface area contributed by atoms with E-state index in [1.54, 1.807) is 11.3 Å². The number of carbonyl (C=O) groups is 1. The molecular formula is C17H24N4O2S. The summed E-state index contributed by atoms with van der Waals surface area (Å²) >= 11 is 1.60. The quantitative estimate of drug-likeness (QED) is 0.898. The third-order valence-corrected chi connectivity index (χ3v) is 5.25. The van der Waals surface area contributed by atoms with Crippen LogP contribution in [0.25, 0.3) is 10.7 Å². The van der Waals surface area contributed by atoms with Gasteiger partial charge < -0.3 is 15.2 Å². The number of rotatable bonds is 5. The highest BCUT2D eigenvalue weighted by atomic mass is 32.1. The summed E-state index contributed by atoms with van der Waals surface area (Å²) in [5.41, 5.74) is 6.02. The molecule has 0 aliphatic carbocycles. The van der Waals surface area contributed by atoms with Gasteiger partial charge in [0.25, 0.3) is 0 Å². The lowest BCUT2D eigenvalue weighted by molar-refractivity contribution is -0.134. The van der Waals surface area contributed by atoms with Crippen molar-refractivity contribution >= 4 is 17.2 Å². The summed E-state index contributed by atoms with van der Waals surface area (Å²) < 4.78 is 5.44. The number of carbonyl (C=O) groups excluding carboxylic acids is 1. The van der Waals surface area contributed by atoms with Gasteiger partial charge in [0.1, 0.15) is 0 Å². The molecule has 7 heteroatoms. The normalized spacial score (nSPS) is 17.4. The Bertz CT molecular complexity index is 660. The molecule has 2 aromatic rings. The van der Waals surface area contributed by atoms with Gasteiger partial charge in [0.2, 0.25) is 17.6 Å². The van der Waals surface area contributed by atoms with Crippen molar-refractivity contribution in [3.8, 4) is 10.7 Å². The van der Waals surface area contributed by atoms with Crippen molar-refractivity contribution in [1.82, 2.24) is 15.0 Å². The van der Waals surface area contributed by atoms with Gasteiger partial charge in [-0.25, -0.2) is 0 Å². The second-order valence-corrected chi connectivity index (χ2v) is 7.72. The zero-order valence-corrected chi connectivity index (χ0v) is 15.0. The molecule has 0 aromatic carbocycles. The van der Waals surface area contributed by atoms with E-state index in [-0.39, 0.29) is 11.8 Å². The zero-order valence-electron chi connectivity index (χ0n) is 14.1. The van der Waals surface area contributed by atoms with Crippen molar-refractivity contribution in [2.45, 2.75) is 45.1 Å². The van der Waals surface area contributed by atoms with Crippen LogP contribution >= 0.6 is 11.3 Å². The van der Waals surface area contributed by atoms with Crippen LogP contribution in [0.2, 0.25) is 0 Å². The maximum absolute atomic E-state index is 12.4. The van der Waals surface area contributed by atoms with E-state index in [1.165, 1.54) is 0 Å². The summed E-state index contributed by atoms with van der Waals surface area (Å²) in [6.45, 7) is 5.57. The molecule has 3 heterocycles. The summed E-state index contributed by atoms with van der Waals surface area (Å²) in [5, 5.41) is 6.07. The van der Waals surface area contributed by atoms with E-state index in [4.69, 9.17) is 10.3 Å². The van der Waals surface area contributed by atoms with Gasteiger partial charge in [-0.1, -0.05) is 25.1 Å². The SMILES string of the molecule is CC(C)C[C@H](N)C(=O)N1CCC(c2nc(-c3cccs3)no2)CC1. The predicted molar refractivity (Wildman–Crippen MR) is 93.6 cm³/mol. The molecular weight excluding hydrogens is 324 g/mol. The summed E-state index contributed by atoms with van der Waals surface area (Å²) in [7, 11) is 0. The summed E-state index contributed by atoms with van der Waals surface area (Å²) in [5.74, 6) is 2.04. The van der Waals surface area contributed by atoms with E-state index < -0.39 is 6.04 Å². The number of nitrogens with zero attached hydrogens (tertiary/aromatic N) is 3. The van der Waals surface area contributed by atoms with E-state index >= 15 is 0 Å². The monoisotopic (exact) mass is 348 g/mol. The molecule has 3 rings (SSSR count). The predicted octanol–water partition coefficient (Wildman–Crippen LogP) is 2.88. The molecule has 0 unspecified atom stereocenters. The number of aromatic nitrogens is 2. The average molecular weight is 348 g/mol. The van der Waals surface area contributed by atoms with Gasteiger partial charge in [-0.05, 0) is 36.6 Å². The number of hydrogen-bond donors (Lipinski definition) is 1. The van der Waals surface area contributed by atoms with Crippen molar-refractivity contribution in [1.29, 1.82) is 0 Å². The third-order valence-electron chi connectivity index (χ3n) is 4.38. The Morgan fingerprint density at radius 3 is 2.83 bits per heavy atom. The lowest BCUT2D eigenvalue weighted by Crippen LogP contribution is -2.47. The Hall–Kier alpha value is -1.73. The summed E-state index contributed by atoms with van der Waals surface area (Å²) in [6.07, 6.45) is 2.41. The molecule has 6 nitrogen and oxygen atoms in total. The molecule has 1 saturated heterocycles.